The predicted molar refractivity (Wildman–Crippen MR) is 108 cm³/mol. The van der Waals surface area contributed by atoms with Crippen LogP contribution < -0.4 is 5.32 Å². The van der Waals surface area contributed by atoms with E-state index >= 15 is 0 Å². The van der Waals surface area contributed by atoms with Crippen molar-refractivity contribution in [3.63, 3.8) is 0 Å². The molecule has 0 bridgehead atoms. The van der Waals surface area contributed by atoms with Crippen LogP contribution in [-0.4, -0.2) is 66.0 Å². The van der Waals surface area contributed by atoms with Gasteiger partial charge in [0.05, 0.1) is 6.61 Å². The van der Waals surface area contributed by atoms with Crippen LogP contribution in [0.25, 0.3) is 0 Å². The second kappa shape index (κ2) is 10.2. The molecule has 0 spiro atoms. The molecule has 1 aromatic carbocycles. The maximum atomic E-state index is 12.6. The van der Waals surface area contributed by atoms with Crippen molar-refractivity contribution in [2.24, 2.45) is 0 Å². The lowest BCUT2D eigenvalue weighted by molar-refractivity contribution is -0.176. The highest BCUT2D eigenvalue weighted by Crippen LogP contribution is 2.17. The minimum absolute atomic E-state index is 0.162. The summed E-state index contributed by atoms with van der Waals surface area (Å²) in [4.78, 5) is 28.0. The Labute approximate surface area is 180 Å². The first kappa shape index (κ1) is 24.8. The van der Waals surface area contributed by atoms with Gasteiger partial charge in [-0.1, -0.05) is 24.3 Å². The molecule has 1 aromatic rings. The third kappa shape index (κ3) is 8.64. The van der Waals surface area contributed by atoms with Gasteiger partial charge in [-0.25, -0.2) is 9.59 Å². The lowest BCUT2D eigenvalue weighted by Crippen LogP contribution is -2.58. The lowest BCUT2D eigenvalue weighted by atomic mass is 10.1. The van der Waals surface area contributed by atoms with E-state index in [2.05, 4.69) is 10.1 Å². The molecular formula is C21H30F3N3O4. The van der Waals surface area contributed by atoms with E-state index in [9.17, 15) is 22.8 Å². The number of halogens is 3. The number of benzene rings is 1. The van der Waals surface area contributed by atoms with E-state index in [1.807, 2.05) is 6.92 Å². The third-order valence-corrected chi connectivity index (χ3v) is 4.51. The number of alkyl halides is 3. The van der Waals surface area contributed by atoms with E-state index in [4.69, 9.17) is 4.74 Å². The number of carbonyl (C=O) groups excluding carboxylic acids is 2. The van der Waals surface area contributed by atoms with Crippen LogP contribution in [0.3, 0.4) is 0 Å². The van der Waals surface area contributed by atoms with Crippen LogP contribution in [0, 0.1) is 0 Å². The Morgan fingerprint density at radius 1 is 1.16 bits per heavy atom. The molecule has 10 heteroatoms. The van der Waals surface area contributed by atoms with Crippen LogP contribution >= 0.6 is 0 Å². The largest absolute Gasteiger partial charge is 0.444 e. The van der Waals surface area contributed by atoms with Crippen molar-refractivity contribution in [2.75, 3.05) is 26.2 Å². The topological polar surface area (TPSA) is 71.1 Å². The maximum absolute atomic E-state index is 12.6. The van der Waals surface area contributed by atoms with E-state index in [1.165, 1.54) is 0 Å². The Kier molecular flexibility index (Phi) is 8.16. The molecule has 1 aliphatic rings. The molecule has 0 aliphatic carbocycles. The molecule has 0 radical (unpaired) electrons. The molecule has 1 fully saturated rings. The first-order chi connectivity index (χ1) is 14.3. The summed E-state index contributed by atoms with van der Waals surface area (Å²) in [7, 11) is 0. The van der Waals surface area contributed by atoms with E-state index in [0.29, 0.717) is 25.2 Å². The van der Waals surface area contributed by atoms with Crippen LogP contribution in [0.4, 0.5) is 22.8 Å². The first-order valence-electron chi connectivity index (χ1n) is 10.1. The fourth-order valence-corrected chi connectivity index (χ4v) is 3.14. The molecular weight excluding hydrogens is 415 g/mol. The van der Waals surface area contributed by atoms with Gasteiger partial charge in [-0.3, -0.25) is 0 Å². The van der Waals surface area contributed by atoms with Gasteiger partial charge in [0.1, 0.15) is 12.2 Å². The van der Waals surface area contributed by atoms with Crippen LogP contribution in [0.1, 0.15) is 38.8 Å². The molecule has 7 nitrogen and oxygen atoms in total. The predicted octanol–water partition coefficient (Wildman–Crippen LogP) is 3.92. The monoisotopic (exact) mass is 445 g/mol. The van der Waals surface area contributed by atoms with E-state index in [0.717, 1.165) is 5.56 Å². The Morgan fingerprint density at radius 3 is 2.45 bits per heavy atom. The number of urea groups is 1. The van der Waals surface area contributed by atoms with E-state index < -0.39 is 24.5 Å². The van der Waals surface area contributed by atoms with Crippen LogP contribution in [0.2, 0.25) is 0 Å². The number of carbonyl (C=O) groups is 2. The number of ether oxygens (including phenoxy) is 2. The molecule has 1 aliphatic heterocycles. The Balaban J connectivity index is 1.82. The molecule has 1 saturated heterocycles. The molecule has 0 unspecified atom stereocenters. The molecule has 1 atom stereocenters. The average molecular weight is 445 g/mol. The zero-order chi connectivity index (χ0) is 23.2. The molecule has 31 heavy (non-hydrogen) atoms. The highest BCUT2D eigenvalue weighted by Gasteiger charge is 2.32. The summed E-state index contributed by atoms with van der Waals surface area (Å²) in [5.41, 5.74) is 0.762. The van der Waals surface area contributed by atoms with Crippen molar-refractivity contribution in [2.45, 2.75) is 58.7 Å². The quantitative estimate of drug-likeness (QED) is 0.746. The summed E-state index contributed by atoms with van der Waals surface area (Å²) in [5, 5.41) is 2.82. The van der Waals surface area contributed by atoms with Gasteiger partial charge < -0.3 is 24.6 Å². The fourth-order valence-electron chi connectivity index (χ4n) is 3.14. The van der Waals surface area contributed by atoms with Crippen molar-refractivity contribution >= 4 is 12.1 Å². The third-order valence-electron chi connectivity index (χ3n) is 4.51. The van der Waals surface area contributed by atoms with Crippen molar-refractivity contribution in [3.05, 3.63) is 35.4 Å². The Hall–Kier alpha value is -2.49. The van der Waals surface area contributed by atoms with Crippen LogP contribution in [-0.2, 0) is 22.6 Å². The van der Waals surface area contributed by atoms with Crippen LogP contribution in [0.5, 0.6) is 0 Å². The summed E-state index contributed by atoms with van der Waals surface area (Å²) in [6.45, 7) is 7.14. The summed E-state index contributed by atoms with van der Waals surface area (Å²) in [5.74, 6) is 0. The molecule has 0 saturated carbocycles. The van der Waals surface area contributed by atoms with Crippen LogP contribution in [0.15, 0.2) is 24.3 Å². The summed E-state index contributed by atoms with van der Waals surface area (Å²) in [6.07, 6.45) is -4.76. The Bertz CT molecular complexity index is 765. The second-order valence-electron chi connectivity index (χ2n) is 8.56. The number of hydrogen-bond acceptors (Lipinski definition) is 4. The van der Waals surface area contributed by atoms with Gasteiger partial charge in [0, 0.05) is 32.2 Å². The number of amides is 3. The van der Waals surface area contributed by atoms with Gasteiger partial charge in [-0.15, -0.1) is 0 Å². The highest BCUT2D eigenvalue weighted by atomic mass is 19.4. The number of nitrogens with zero attached hydrogens (tertiary/aromatic N) is 2. The SMILES string of the molecule is C[C@H]1CN(C(=O)OC(C)(C)C)CCN1C(=O)NCc1cccc(COCC(F)(F)F)c1. The smallest absolute Gasteiger partial charge is 0.411 e. The summed E-state index contributed by atoms with van der Waals surface area (Å²) < 4.78 is 46.6. The summed E-state index contributed by atoms with van der Waals surface area (Å²) >= 11 is 0. The average Bonchev–Trinajstić information content (AvgIpc) is 2.64. The van der Waals surface area contributed by atoms with Crippen molar-refractivity contribution < 1.29 is 32.2 Å². The molecule has 174 valence electrons. The molecule has 1 heterocycles. The fraction of sp³-hybridized carbons (Fsp3) is 0.619. The van der Waals surface area contributed by atoms with Gasteiger partial charge in [0.25, 0.3) is 0 Å². The molecule has 3 amide bonds. The minimum Gasteiger partial charge on any atom is -0.444 e. The standard InChI is InChI=1S/C21H30F3N3O4/c1-15-12-26(19(29)31-20(2,3)4)8-9-27(15)18(28)25-11-16-6-5-7-17(10-16)13-30-14-21(22,23)24/h5-7,10,15H,8-9,11-14H2,1-4H3,(H,25,28)/t15-/m0/s1. The number of nitrogens with one attached hydrogen (secondary N) is 1. The first-order valence-corrected chi connectivity index (χ1v) is 10.1. The molecule has 1 N–H and O–H groups in total. The van der Waals surface area contributed by atoms with Gasteiger partial charge in [0.15, 0.2) is 0 Å². The number of hydrogen-bond donors (Lipinski definition) is 1. The minimum atomic E-state index is -4.37. The van der Waals surface area contributed by atoms with Crippen molar-refractivity contribution in [1.29, 1.82) is 0 Å². The van der Waals surface area contributed by atoms with Gasteiger partial charge in [-0.05, 0) is 38.8 Å². The highest BCUT2D eigenvalue weighted by molar-refractivity contribution is 5.75. The molecule has 0 aromatic heterocycles. The lowest BCUT2D eigenvalue weighted by Gasteiger charge is -2.40. The van der Waals surface area contributed by atoms with Crippen molar-refractivity contribution in [1.82, 2.24) is 15.1 Å². The molecule has 2 rings (SSSR count). The summed E-state index contributed by atoms with van der Waals surface area (Å²) in [6, 6.07) is 6.38. The maximum Gasteiger partial charge on any atom is 0.411 e. The van der Waals surface area contributed by atoms with Gasteiger partial charge in [0.2, 0.25) is 0 Å². The number of piperazine rings is 1. The van der Waals surface area contributed by atoms with E-state index in [1.54, 1.807) is 54.8 Å². The second-order valence-corrected chi connectivity index (χ2v) is 8.56. The zero-order valence-electron chi connectivity index (χ0n) is 18.3. The Morgan fingerprint density at radius 2 is 1.84 bits per heavy atom. The van der Waals surface area contributed by atoms with Crippen molar-refractivity contribution in [3.8, 4) is 0 Å². The van der Waals surface area contributed by atoms with Gasteiger partial charge in [-0.2, -0.15) is 13.2 Å². The van der Waals surface area contributed by atoms with Gasteiger partial charge >= 0.3 is 18.3 Å². The number of rotatable bonds is 5. The van der Waals surface area contributed by atoms with E-state index in [-0.39, 0.29) is 25.2 Å². The normalized spacial score (nSPS) is 17.5. The zero-order valence-corrected chi connectivity index (χ0v) is 18.3.